The summed E-state index contributed by atoms with van der Waals surface area (Å²) in [6.45, 7) is 0. The average Bonchev–Trinajstić information content (AvgIpc) is 2.15. The summed E-state index contributed by atoms with van der Waals surface area (Å²) >= 11 is 5.66. The highest BCUT2D eigenvalue weighted by molar-refractivity contribution is 6.30. The molecular formula is C10H5ClFNO. The van der Waals surface area contributed by atoms with E-state index < -0.39 is 5.82 Å². The van der Waals surface area contributed by atoms with Gasteiger partial charge in [0.25, 0.3) is 0 Å². The van der Waals surface area contributed by atoms with Crippen molar-refractivity contribution >= 4 is 28.8 Å². The lowest BCUT2D eigenvalue weighted by molar-refractivity contribution is 0.112. The lowest BCUT2D eigenvalue weighted by atomic mass is 10.1. The molecule has 1 aromatic carbocycles. The summed E-state index contributed by atoms with van der Waals surface area (Å²) in [5.41, 5.74) is 0.805. The molecule has 0 bridgehead atoms. The third-order valence-electron chi connectivity index (χ3n) is 1.90. The van der Waals surface area contributed by atoms with Gasteiger partial charge in [-0.2, -0.15) is 0 Å². The molecule has 1 heterocycles. The predicted octanol–water partition coefficient (Wildman–Crippen LogP) is 2.84. The normalized spacial score (nSPS) is 10.4. The molecular weight excluding hydrogens is 205 g/mol. The Bertz CT molecular complexity index is 507. The maximum absolute atomic E-state index is 12.8. The van der Waals surface area contributed by atoms with E-state index in [2.05, 4.69) is 4.98 Å². The number of halogens is 2. The van der Waals surface area contributed by atoms with Gasteiger partial charge in [-0.05, 0) is 18.2 Å². The minimum atomic E-state index is -0.399. The number of aldehydes is 1. The summed E-state index contributed by atoms with van der Waals surface area (Å²) in [6.07, 6.45) is 0.674. The van der Waals surface area contributed by atoms with Crippen LogP contribution in [0, 0.1) is 5.82 Å². The van der Waals surface area contributed by atoms with Crippen molar-refractivity contribution in [2.45, 2.75) is 0 Å². The maximum Gasteiger partial charge on any atom is 0.150 e. The SMILES string of the molecule is O=Cc1cc(Cl)nc2cc(F)ccc12. The zero-order chi connectivity index (χ0) is 10.1. The first kappa shape index (κ1) is 9.09. The smallest absolute Gasteiger partial charge is 0.150 e. The van der Waals surface area contributed by atoms with Crippen LogP contribution in [-0.4, -0.2) is 11.3 Å². The molecule has 70 valence electrons. The molecule has 2 aromatic rings. The summed E-state index contributed by atoms with van der Waals surface area (Å²) < 4.78 is 12.8. The zero-order valence-corrected chi connectivity index (χ0v) is 7.75. The maximum atomic E-state index is 12.8. The molecule has 0 radical (unpaired) electrons. The van der Waals surface area contributed by atoms with Crippen molar-refractivity contribution in [2.75, 3.05) is 0 Å². The van der Waals surface area contributed by atoms with Crippen molar-refractivity contribution in [1.82, 2.24) is 4.98 Å². The quantitative estimate of drug-likeness (QED) is 0.534. The topological polar surface area (TPSA) is 30.0 Å². The third-order valence-corrected chi connectivity index (χ3v) is 2.09. The fraction of sp³-hybridized carbons (Fsp3) is 0. The molecule has 0 saturated carbocycles. The fourth-order valence-electron chi connectivity index (χ4n) is 1.29. The van der Waals surface area contributed by atoms with Gasteiger partial charge in [0.15, 0.2) is 6.29 Å². The molecule has 0 atom stereocenters. The molecule has 0 amide bonds. The largest absolute Gasteiger partial charge is 0.298 e. The molecule has 0 unspecified atom stereocenters. The minimum Gasteiger partial charge on any atom is -0.298 e. The number of hydrogen-bond acceptors (Lipinski definition) is 2. The van der Waals surface area contributed by atoms with Crippen molar-refractivity contribution in [3.8, 4) is 0 Å². The Hall–Kier alpha value is -1.48. The lowest BCUT2D eigenvalue weighted by Gasteiger charge is -2.00. The van der Waals surface area contributed by atoms with Gasteiger partial charge >= 0.3 is 0 Å². The molecule has 2 rings (SSSR count). The van der Waals surface area contributed by atoms with Crippen molar-refractivity contribution in [3.63, 3.8) is 0 Å². The van der Waals surface area contributed by atoms with Crippen LogP contribution in [0.3, 0.4) is 0 Å². The fourth-order valence-corrected chi connectivity index (χ4v) is 1.50. The van der Waals surface area contributed by atoms with Crippen LogP contribution in [0.25, 0.3) is 10.9 Å². The van der Waals surface area contributed by atoms with Gasteiger partial charge in [-0.3, -0.25) is 4.79 Å². The second-order valence-electron chi connectivity index (χ2n) is 2.81. The van der Waals surface area contributed by atoms with E-state index in [4.69, 9.17) is 11.6 Å². The molecule has 0 aliphatic carbocycles. The number of carbonyl (C=O) groups excluding carboxylic acids is 1. The number of nitrogens with zero attached hydrogens (tertiary/aromatic N) is 1. The van der Waals surface area contributed by atoms with Crippen LogP contribution in [-0.2, 0) is 0 Å². The summed E-state index contributed by atoms with van der Waals surface area (Å²) in [7, 11) is 0. The van der Waals surface area contributed by atoms with Crippen LogP contribution in [0.4, 0.5) is 4.39 Å². The number of fused-ring (bicyclic) bond motifs is 1. The molecule has 0 aliphatic heterocycles. The van der Waals surface area contributed by atoms with E-state index in [1.807, 2.05) is 0 Å². The van der Waals surface area contributed by atoms with Gasteiger partial charge in [0.05, 0.1) is 5.52 Å². The van der Waals surface area contributed by atoms with E-state index in [0.717, 1.165) is 0 Å². The van der Waals surface area contributed by atoms with Crippen LogP contribution < -0.4 is 0 Å². The Labute approximate surface area is 84.3 Å². The number of hydrogen-bond donors (Lipinski definition) is 0. The van der Waals surface area contributed by atoms with E-state index in [1.54, 1.807) is 0 Å². The van der Waals surface area contributed by atoms with Crippen molar-refractivity contribution in [3.05, 3.63) is 40.8 Å². The van der Waals surface area contributed by atoms with Crippen LogP contribution in [0.15, 0.2) is 24.3 Å². The first-order valence-corrected chi connectivity index (χ1v) is 4.29. The first-order chi connectivity index (χ1) is 6.70. The van der Waals surface area contributed by atoms with E-state index in [9.17, 15) is 9.18 Å². The Kier molecular flexibility index (Phi) is 2.17. The number of carbonyl (C=O) groups is 1. The number of pyridine rings is 1. The van der Waals surface area contributed by atoms with Crippen LogP contribution >= 0.6 is 11.6 Å². The first-order valence-electron chi connectivity index (χ1n) is 3.91. The molecule has 4 heteroatoms. The molecule has 14 heavy (non-hydrogen) atoms. The number of rotatable bonds is 1. The minimum absolute atomic E-state index is 0.185. The van der Waals surface area contributed by atoms with Crippen LogP contribution in [0.1, 0.15) is 10.4 Å². The van der Waals surface area contributed by atoms with Gasteiger partial charge in [0, 0.05) is 17.0 Å². The Morgan fingerprint density at radius 3 is 2.86 bits per heavy atom. The van der Waals surface area contributed by atoms with Crippen LogP contribution in [0.5, 0.6) is 0 Å². The Morgan fingerprint density at radius 2 is 2.14 bits per heavy atom. The highest BCUT2D eigenvalue weighted by Gasteiger charge is 2.04. The monoisotopic (exact) mass is 209 g/mol. The molecule has 0 saturated heterocycles. The zero-order valence-electron chi connectivity index (χ0n) is 7.00. The summed E-state index contributed by atoms with van der Waals surface area (Å²) in [5, 5.41) is 0.788. The van der Waals surface area contributed by atoms with Gasteiger partial charge in [-0.15, -0.1) is 0 Å². The van der Waals surface area contributed by atoms with Gasteiger partial charge < -0.3 is 0 Å². The van der Waals surface area contributed by atoms with Crippen LogP contribution in [0.2, 0.25) is 5.15 Å². The van der Waals surface area contributed by atoms with Crippen molar-refractivity contribution in [2.24, 2.45) is 0 Å². The molecule has 0 N–H and O–H groups in total. The van der Waals surface area contributed by atoms with Gasteiger partial charge in [-0.25, -0.2) is 9.37 Å². The molecule has 0 spiro atoms. The lowest BCUT2D eigenvalue weighted by Crippen LogP contribution is -1.88. The average molecular weight is 210 g/mol. The van der Waals surface area contributed by atoms with Gasteiger partial charge in [0.1, 0.15) is 11.0 Å². The van der Waals surface area contributed by atoms with Gasteiger partial charge in [-0.1, -0.05) is 11.6 Å². The number of benzene rings is 1. The highest BCUT2D eigenvalue weighted by atomic mass is 35.5. The molecule has 0 fully saturated rings. The van der Waals surface area contributed by atoms with Gasteiger partial charge in [0.2, 0.25) is 0 Å². The highest BCUT2D eigenvalue weighted by Crippen LogP contribution is 2.20. The second kappa shape index (κ2) is 3.35. The molecule has 2 nitrogen and oxygen atoms in total. The van der Waals surface area contributed by atoms with E-state index >= 15 is 0 Å². The standard InChI is InChI=1S/C10H5ClFNO/c11-10-3-6(5-14)8-2-1-7(12)4-9(8)13-10/h1-5H. The Morgan fingerprint density at radius 1 is 1.36 bits per heavy atom. The summed E-state index contributed by atoms with van der Waals surface area (Å²) in [6, 6.07) is 5.49. The Balaban J connectivity index is 2.87. The van der Waals surface area contributed by atoms with Crippen molar-refractivity contribution in [1.29, 1.82) is 0 Å². The van der Waals surface area contributed by atoms with E-state index in [0.29, 0.717) is 22.8 Å². The van der Waals surface area contributed by atoms with E-state index in [-0.39, 0.29) is 5.15 Å². The van der Waals surface area contributed by atoms with Crippen molar-refractivity contribution < 1.29 is 9.18 Å². The number of aromatic nitrogens is 1. The predicted molar refractivity (Wildman–Crippen MR) is 52.1 cm³/mol. The molecule has 0 aliphatic rings. The summed E-state index contributed by atoms with van der Waals surface area (Å²) in [4.78, 5) is 14.6. The summed E-state index contributed by atoms with van der Waals surface area (Å²) in [5.74, 6) is -0.399. The molecule has 1 aromatic heterocycles. The van der Waals surface area contributed by atoms with E-state index in [1.165, 1.54) is 24.3 Å². The second-order valence-corrected chi connectivity index (χ2v) is 3.20. The third kappa shape index (κ3) is 1.46.